The number of quaternary nitrogens is 1. The van der Waals surface area contributed by atoms with Gasteiger partial charge in [-0.3, -0.25) is 0 Å². The quantitative estimate of drug-likeness (QED) is 0.480. The molecule has 0 saturated carbocycles. The van der Waals surface area contributed by atoms with Crippen molar-refractivity contribution < 1.29 is 21.5 Å². The van der Waals surface area contributed by atoms with Gasteiger partial charge in [0, 0.05) is 12.8 Å². The topological polar surface area (TPSA) is 52.0 Å². The fraction of sp³-hybridized carbons (Fsp3) is 1.00. The lowest BCUT2D eigenvalue weighted by atomic mass is 10.3. The molecule has 4 heteroatoms. The molecule has 0 fully saturated rings. The summed E-state index contributed by atoms with van der Waals surface area (Å²) in [6.07, 6.45) is 2.22. The van der Waals surface area contributed by atoms with Crippen LogP contribution < -0.4 is 28.4 Å². The summed E-state index contributed by atoms with van der Waals surface area (Å²) in [4.78, 5) is 0. The molecule has 0 rings (SSSR count). The van der Waals surface area contributed by atoms with Crippen LogP contribution in [0.25, 0.3) is 0 Å². The molecule has 0 spiro atoms. The van der Waals surface area contributed by atoms with Crippen LogP contribution in [0.1, 0.15) is 12.8 Å². The first-order chi connectivity index (χ1) is 5.12. The molecule has 0 atom stereocenters. The maximum absolute atomic E-state index is 5.43. The van der Waals surface area contributed by atoms with Crippen molar-refractivity contribution >= 4 is 0 Å². The normalized spacial score (nSPS) is 11.0. The van der Waals surface area contributed by atoms with E-state index < -0.39 is 0 Å². The predicted molar refractivity (Wildman–Crippen MR) is 49.2 cm³/mol. The number of hydrogen-bond acceptors (Lipinski definition) is 2. The molecule has 0 aliphatic rings. The van der Waals surface area contributed by atoms with E-state index >= 15 is 0 Å². The van der Waals surface area contributed by atoms with Crippen LogP contribution in [0.5, 0.6) is 0 Å². The molecule has 0 bridgehead atoms. The second-order valence-corrected chi connectivity index (χ2v) is 3.67. The number of hydrogen-bond donors (Lipinski definition) is 2. The summed E-state index contributed by atoms with van der Waals surface area (Å²) in [5.74, 6) is 0. The fourth-order valence-electron chi connectivity index (χ4n) is 1.15. The lowest BCUT2D eigenvalue weighted by molar-refractivity contribution is -0.890. The molecule has 0 aromatic carbocycles. The minimum atomic E-state index is 0. The number of rotatable bonds is 6. The zero-order valence-corrected chi connectivity index (χ0v) is 9.81. The second-order valence-electron chi connectivity index (χ2n) is 3.67. The van der Waals surface area contributed by atoms with Crippen molar-refractivity contribution in [1.82, 2.24) is 0 Å². The van der Waals surface area contributed by atoms with Crippen LogP contribution in [-0.4, -0.2) is 44.8 Å². The SMILES string of the molecule is C[N+](C)(CCCN)CCCN.[Br-]. The van der Waals surface area contributed by atoms with Crippen molar-refractivity contribution in [3.05, 3.63) is 0 Å². The molecule has 0 aromatic heterocycles. The van der Waals surface area contributed by atoms with E-state index in [1.54, 1.807) is 0 Å². The summed E-state index contributed by atoms with van der Waals surface area (Å²) in [6, 6.07) is 0. The summed E-state index contributed by atoms with van der Waals surface area (Å²) in [7, 11) is 4.46. The van der Waals surface area contributed by atoms with E-state index in [1.165, 1.54) is 0 Å². The molecular formula is C8H22BrN3. The van der Waals surface area contributed by atoms with Gasteiger partial charge in [-0.25, -0.2) is 0 Å². The average molecular weight is 240 g/mol. The molecule has 76 valence electrons. The molecule has 0 amide bonds. The summed E-state index contributed by atoms with van der Waals surface area (Å²) < 4.78 is 1.05. The minimum absolute atomic E-state index is 0. The van der Waals surface area contributed by atoms with Crippen LogP contribution in [0.15, 0.2) is 0 Å². The van der Waals surface area contributed by atoms with E-state index in [4.69, 9.17) is 11.5 Å². The van der Waals surface area contributed by atoms with E-state index in [0.717, 1.165) is 43.5 Å². The smallest absolute Gasteiger partial charge is 0.0794 e. The lowest BCUT2D eigenvalue weighted by Gasteiger charge is -2.29. The highest BCUT2D eigenvalue weighted by molar-refractivity contribution is 4.40. The van der Waals surface area contributed by atoms with Crippen LogP contribution in [0, 0.1) is 0 Å². The Balaban J connectivity index is 0. The van der Waals surface area contributed by atoms with Crippen LogP contribution in [-0.2, 0) is 0 Å². The van der Waals surface area contributed by atoms with Crippen molar-refractivity contribution in [2.45, 2.75) is 12.8 Å². The van der Waals surface area contributed by atoms with E-state index in [1.807, 2.05) is 0 Å². The third-order valence-electron chi connectivity index (χ3n) is 1.94. The molecule has 0 unspecified atom stereocenters. The van der Waals surface area contributed by atoms with Crippen molar-refractivity contribution in [3.63, 3.8) is 0 Å². The largest absolute Gasteiger partial charge is 1.00 e. The van der Waals surface area contributed by atoms with E-state index in [9.17, 15) is 0 Å². The Kier molecular flexibility index (Phi) is 9.88. The van der Waals surface area contributed by atoms with Gasteiger partial charge in [-0.2, -0.15) is 0 Å². The Labute approximate surface area is 86.5 Å². The van der Waals surface area contributed by atoms with E-state index in [2.05, 4.69) is 14.1 Å². The molecular weight excluding hydrogens is 218 g/mol. The zero-order chi connectivity index (χ0) is 8.74. The van der Waals surface area contributed by atoms with Gasteiger partial charge in [0.05, 0.1) is 27.2 Å². The monoisotopic (exact) mass is 239 g/mol. The first kappa shape index (κ1) is 14.9. The Morgan fingerprint density at radius 3 is 1.50 bits per heavy atom. The maximum Gasteiger partial charge on any atom is 0.0794 e. The summed E-state index contributed by atoms with van der Waals surface area (Å²) >= 11 is 0. The highest BCUT2D eigenvalue weighted by atomic mass is 79.9. The number of nitrogens with zero attached hydrogens (tertiary/aromatic N) is 1. The average Bonchev–Trinajstić information content (AvgIpc) is 1.97. The summed E-state index contributed by atoms with van der Waals surface area (Å²) in [5.41, 5.74) is 10.9. The second kappa shape index (κ2) is 7.98. The molecule has 0 aromatic rings. The highest BCUT2D eigenvalue weighted by Gasteiger charge is 2.12. The Morgan fingerprint density at radius 2 is 1.25 bits per heavy atom. The minimum Gasteiger partial charge on any atom is -1.00 e. The maximum atomic E-state index is 5.43. The van der Waals surface area contributed by atoms with Crippen molar-refractivity contribution in [2.24, 2.45) is 11.5 Å². The molecule has 12 heavy (non-hydrogen) atoms. The van der Waals surface area contributed by atoms with Gasteiger partial charge in [-0.15, -0.1) is 0 Å². The van der Waals surface area contributed by atoms with Gasteiger partial charge < -0.3 is 32.9 Å². The van der Waals surface area contributed by atoms with Crippen molar-refractivity contribution in [3.8, 4) is 0 Å². The van der Waals surface area contributed by atoms with Gasteiger partial charge in [-0.1, -0.05) is 0 Å². The van der Waals surface area contributed by atoms with Gasteiger partial charge in [0.15, 0.2) is 0 Å². The van der Waals surface area contributed by atoms with Crippen LogP contribution >= 0.6 is 0 Å². The molecule has 4 N–H and O–H groups in total. The van der Waals surface area contributed by atoms with Crippen molar-refractivity contribution in [2.75, 3.05) is 40.3 Å². The molecule has 0 saturated heterocycles. The van der Waals surface area contributed by atoms with Crippen molar-refractivity contribution in [1.29, 1.82) is 0 Å². The van der Waals surface area contributed by atoms with Gasteiger partial charge in [0.25, 0.3) is 0 Å². The zero-order valence-electron chi connectivity index (χ0n) is 8.22. The Bertz CT molecular complexity index is 86.3. The van der Waals surface area contributed by atoms with Gasteiger partial charge >= 0.3 is 0 Å². The van der Waals surface area contributed by atoms with Gasteiger partial charge in [0.1, 0.15) is 0 Å². The third kappa shape index (κ3) is 8.46. The van der Waals surface area contributed by atoms with Gasteiger partial charge in [-0.05, 0) is 13.1 Å². The fourth-order valence-corrected chi connectivity index (χ4v) is 1.15. The van der Waals surface area contributed by atoms with Crippen LogP contribution in [0.2, 0.25) is 0 Å². The standard InChI is InChI=1S/C8H22N3.BrH/c1-11(2,7-3-5-9)8-4-6-10;/h3-10H2,1-2H3;1H/q+1;/p-1. The summed E-state index contributed by atoms with van der Waals surface area (Å²) in [6.45, 7) is 3.92. The van der Waals surface area contributed by atoms with Gasteiger partial charge in [0.2, 0.25) is 0 Å². The first-order valence-corrected chi connectivity index (χ1v) is 4.34. The van der Waals surface area contributed by atoms with Crippen LogP contribution in [0.3, 0.4) is 0 Å². The molecule has 0 aliphatic carbocycles. The predicted octanol–water partition coefficient (Wildman–Crippen LogP) is -3.24. The van der Waals surface area contributed by atoms with E-state index in [-0.39, 0.29) is 17.0 Å². The lowest BCUT2D eigenvalue weighted by Crippen LogP contribution is -3.00. The number of halogens is 1. The van der Waals surface area contributed by atoms with Crippen LogP contribution in [0.4, 0.5) is 0 Å². The number of nitrogens with two attached hydrogens (primary N) is 2. The molecule has 0 aliphatic heterocycles. The van der Waals surface area contributed by atoms with E-state index in [0.29, 0.717) is 0 Å². The molecule has 0 radical (unpaired) electrons. The summed E-state index contributed by atoms with van der Waals surface area (Å²) in [5, 5.41) is 0. The molecule has 3 nitrogen and oxygen atoms in total. The highest BCUT2D eigenvalue weighted by Crippen LogP contribution is 1.99. The first-order valence-electron chi connectivity index (χ1n) is 4.34. The third-order valence-corrected chi connectivity index (χ3v) is 1.94. The molecule has 0 heterocycles. The Morgan fingerprint density at radius 1 is 0.917 bits per heavy atom. The Hall–Kier alpha value is 0.360.